The molecule has 4 unspecified atom stereocenters. The molecule has 0 fully saturated rings. The lowest BCUT2D eigenvalue weighted by molar-refractivity contribution is -0.118. The minimum atomic E-state index is -0.602. The highest BCUT2D eigenvalue weighted by Crippen LogP contribution is 2.35. The fourth-order valence-electron chi connectivity index (χ4n) is 15.2. The Hall–Kier alpha value is -14.2. The minimum Gasteiger partial charge on any atom is -0.326 e. The number of rotatable bonds is 17. The van der Waals surface area contributed by atoms with Crippen molar-refractivity contribution >= 4 is 161 Å². The Morgan fingerprint density at radius 3 is 0.837 bits per heavy atom. The fourth-order valence-corrected chi connectivity index (χ4v) is 15.8. The van der Waals surface area contributed by atoms with E-state index < -0.39 is 24.2 Å². The van der Waals surface area contributed by atoms with Crippen LogP contribution in [0.2, 0.25) is 20.1 Å². The highest BCUT2D eigenvalue weighted by Gasteiger charge is 2.32. The van der Waals surface area contributed by atoms with E-state index in [0.717, 1.165) is 72.4 Å². The summed E-state index contributed by atoms with van der Waals surface area (Å²) >= 11 is 25.1. The maximum absolute atomic E-state index is 13.0. The van der Waals surface area contributed by atoms with Gasteiger partial charge in [0.05, 0.1) is 67.7 Å². The number of aromatic nitrogens is 4. The van der Waals surface area contributed by atoms with Gasteiger partial charge in [-0.25, -0.2) is 9.59 Å². The van der Waals surface area contributed by atoms with Crippen LogP contribution in [0.25, 0.3) is 22.1 Å². The fraction of sp³-hybridized carbons (Fsp3) is 0.229. The summed E-state index contributed by atoms with van der Waals surface area (Å²) in [6.07, 6.45) is 2.82. The van der Waals surface area contributed by atoms with Crippen LogP contribution in [0.5, 0.6) is 0 Å². The van der Waals surface area contributed by atoms with Crippen molar-refractivity contribution in [3.63, 3.8) is 0 Å². The van der Waals surface area contributed by atoms with Gasteiger partial charge >= 0.3 is 11.4 Å². The number of aromatic amines is 4. The number of nitrogens with zero attached hydrogens (tertiary/aromatic N) is 4. The van der Waals surface area contributed by atoms with E-state index in [9.17, 15) is 38.4 Å². The molecule has 12 aromatic carbocycles. The van der Waals surface area contributed by atoms with E-state index in [1.54, 1.807) is 60.7 Å². The lowest BCUT2D eigenvalue weighted by Crippen LogP contribution is -2.27. The summed E-state index contributed by atoms with van der Waals surface area (Å²) in [4.78, 5) is 130. The molecule has 2 aromatic heterocycles. The molecule has 0 aliphatic carbocycles. The highest BCUT2D eigenvalue weighted by molar-refractivity contribution is 6.34. The standard InChI is InChI=1S/C28H28ClN3O2.C27H26ClN3O2.2C23H17ClN4O2.4C2H6/c1-28(2,3)17-25(33)30-21-12-9-19(10-13-21)26-22-16-20(29)11-14-23(22)32-27(34)24(31-26)15-18-7-5-4-6-8-18;1-17(2)14-25(32)29-21-11-8-19(9-12-21)26-22-16-20(28)10-13-23(22)31-27(33)24(30-26)15-18-6-4-3-5-7-18;2*24-15-7-9-17-16(12-15)21(14-6-8-18-19(11-14)28-23(30)27-18)25-20(22(29)26-17)10-13-4-2-1-3-5-13;4*1-2/h4-14,16,24H,15,17H2,1-3H3,(H,30,33)(H,32,34);3-13,16-17,24H,14-15H2,1-2H3,(H,29,32)(H,31,33);2*1-9,11-12,20H,10H2,(H,26,29)(H2,27,28,30);4*1-2H3. The first-order valence-corrected chi connectivity index (χ1v) is 46.9. The predicted molar refractivity (Wildman–Crippen MR) is 556 cm³/mol. The van der Waals surface area contributed by atoms with E-state index in [0.29, 0.717) is 132 Å². The van der Waals surface area contributed by atoms with Crippen molar-refractivity contribution in [3.05, 3.63) is 387 Å². The van der Waals surface area contributed by atoms with Gasteiger partial charge in [-0.15, -0.1) is 0 Å². The predicted octanol–water partition coefficient (Wildman–Crippen LogP) is 23.8. The zero-order valence-electron chi connectivity index (χ0n) is 77.8. The Morgan fingerprint density at radius 2 is 0.570 bits per heavy atom. The van der Waals surface area contributed by atoms with Crippen molar-refractivity contribution in [1.29, 1.82) is 0 Å². The molecule has 6 heterocycles. The molecular formula is C109H112Cl4N14O8. The summed E-state index contributed by atoms with van der Waals surface area (Å²) in [5.74, 6) is -0.413. The highest BCUT2D eigenvalue weighted by atomic mass is 35.5. The smallest absolute Gasteiger partial charge is 0.323 e. The first-order chi connectivity index (χ1) is 65.2. The van der Waals surface area contributed by atoms with Crippen molar-refractivity contribution in [2.45, 2.75) is 153 Å². The second kappa shape index (κ2) is 48.5. The number of benzodiazepines with no additional fused rings is 4. The number of halogens is 4. The van der Waals surface area contributed by atoms with Crippen LogP contribution >= 0.6 is 46.4 Å². The molecule has 26 heteroatoms. The molecule has 0 saturated heterocycles. The molecule has 4 aliphatic heterocycles. The molecule has 0 saturated carbocycles. The molecule has 10 N–H and O–H groups in total. The van der Waals surface area contributed by atoms with E-state index in [2.05, 4.69) is 51.8 Å². The van der Waals surface area contributed by atoms with E-state index in [1.165, 1.54) is 0 Å². The molecule has 0 bridgehead atoms. The lowest BCUT2D eigenvalue weighted by atomic mass is 9.92. The molecular weight excluding hydrogens is 1780 g/mol. The molecule has 135 heavy (non-hydrogen) atoms. The van der Waals surface area contributed by atoms with Crippen molar-refractivity contribution < 1.29 is 28.8 Å². The first-order valence-electron chi connectivity index (χ1n) is 45.4. The van der Waals surface area contributed by atoms with Crippen LogP contribution < -0.4 is 43.3 Å². The van der Waals surface area contributed by atoms with Crippen molar-refractivity contribution in [2.75, 3.05) is 31.9 Å². The van der Waals surface area contributed by atoms with E-state index in [-0.39, 0.29) is 58.2 Å². The summed E-state index contributed by atoms with van der Waals surface area (Å²) in [5.41, 5.74) is 19.3. The van der Waals surface area contributed by atoms with Gasteiger partial charge in [0, 0.05) is 114 Å². The third kappa shape index (κ3) is 27.8. The number of fused-ring (bicyclic) bond motifs is 6. The summed E-state index contributed by atoms with van der Waals surface area (Å²) in [5, 5.41) is 20.1. The number of hydrogen-bond donors (Lipinski definition) is 10. The average Bonchev–Trinajstić information content (AvgIpc) is 1.67. The van der Waals surface area contributed by atoms with Crippen LogP contribution in [-0.2, 0) is 54.5 Å². The maximum atomic E-state index is 13.0. The Balaban J connectivity index is 0.000000169. The number of carbonyl (C=O) groups is 6. The zero-order chi connectivity index (χ0) is 97.0. The summed E-state index contributed by atoms with van der Waals surface area (Å²) in [6, 6.07) is 84.4. The van der Waals surface area contributed by atoms with Gasteiger partial charge in [0.15, 0.2) is 0 Å². The van der Waals surface area contributed by atoms with Crippen LogP contribution in [0.4, 0.5) is 34.1 Å². The van der Waals surface area contributed by atoms with E-state index in [4.69, 9.17) is 66.4 Å². The van der Waals surface area contributed by atoms with Gasteiger partial charge in [0.2, 0.25) is 35.4 Å². The topological polar surface area (TPSA) is 321 Å². The molecule has 14 aromatic rings. The van der Waals surface area contributed by atoms with Crippen LogP contribution in [0.1, 0.15) is 170 Å². The Morgan fingerprint density at radius 1 is 0.319 bits per heavy atom. The number of hydrogen-bond acceptors (Lipinski definition) is 12. The number of nitrogens with one attached hydrogen (secondary N) is 10. The van der Waals surface area contributed by atoms with Crippen molar-refractivity contribution in [1.82, 2.24) is 19.9 Å². The van der Waals surface area contributed by atoms with Gasteiger partial charge in [-0.2, -0.15) is 0 Å². The Labute approximate surface area is 806 Å². The molecule has 4 aliphatic rings. The van der Waals surface area contributed by atoms with Crippen LogP contribution in [0, 0.1) is 11.3 Å². The van der Waals surface area contributed by atoms with E-state index in [1.807, 2.05) is 308 Å². The number of H-pyrrole nitrogens is 4. The maximum Gasteiger partial charge on any atom is 0.323 e. The summed E-state index contributed by atoms with van der Waals surface area (Å²) in [7, 11) is 0. The lowest BCUT2D eigenvalue weighted by Gasteiger charge is -2.17. The van der Waals surface area contributed by atoms with E-state index >= 15 is 0 Å². The van der Waals surface area contributed by atoms with Crippen LogP contribution in [0.15, 0.2) is 309 Å². The summed E-state index contributed by atoms with van der Waals surface area (Å²) < 4.78 is 0. The molecule has 0 radical (unpaired) electrons. The minimum absolute atomic E-state index is 0.0144. The quantitative estimate of drug-likeness (QED) is 0.0417. The molecule has 4 atom stereocenters. The Bertz CT molecular complexity index is 6530. The number of benzene rings is 12. The Kier molecular flexibility index (Phi) is 36.4. The molecule has 22 nitrogen and oxygen atoms in total. The van der Waals surface area contributed by atoms with Crippen LogP contribution in [-0.4, -0.2) is 102 Å². The van der Waals surface area contributed by atoms with Gasteiger partial charge in [-0.3, -0.25) is 48.7 Å². The van der Waals surface area contributed by atoms with Crippen molar-refractivity contribution in [2.24, 2.45) is 31.3 Å². The molecule has 18 rings (SSSR count). The van der Waals surface area contributed by atoms with Gasteiger partial charge in [0.25, 0.3) is 0 Å². The number of aliphatic imine (C=N–C) groups is 4. The summed E-state index contributed by atoms with van der Waals surface area (Å²) in [6.45, 7) is 26.1. The molecule has 6 amide bonds. The molecule has 694 valence electrons. The normalized spacial score (nSPS) is 14.9. The SMILES string of the molecule is CC.CC.CC.CC.CC(C)(C)CC(=O)Nc1ccc(C2=NC(Cc3ccccc3)C(=O)Nc3ccc(Cl)cc32)cc1.CC(C)CC(=O)Nc1ccc(C2=NC(Cc3ccccc3)C(=O)Nc3ccc(Cl)cc32)cc1.O=C1Nc2ccc(Cl)cc2C(c2ccc3[nH]c(=O)[nH]c3c2)=NC1Cc1ccccc1.O=C1Nc2ccc(Cl)cc2C(c2ccc3[nH]c(=O)[nH]c3c2)=NC1Cc1ccccc1. The van der Waals surface area contributed by atoms with Gasteiger partial charge in [-0.1, -0.05) is 294 Å². The van der Waals surface area contributed by atoms with Gasteiger partial charge < -0.3 is 51.8 Å². The molecule has 0 spiro atoms. The first kappa shape index (κ1) is 101. The van der Waals surface area contributed by atoms with Gasteiger partial charge in [0.1, 0.15) is 24.2 Å². The van der Waals surface area contributed by atoms with Crippen LogP contribution in [0.3, 0.4) is 0 Å². The number of anilines is 6. The van der Waals surface area contributed by atoms with Gasteiger partial charge in [-0.05, 0) is 155 Å². The average molecular weight is 1890 g/mol. The third-order valence-electron chi connectivity index (χ3n) is 21.2. The second-order valence-corrected chi connectivity index (χ2v) is 34.5. The largest absolute Gasteiger partial charge is 0.326 e. The number of amides is 6. The number of carbonyl (C=O) groups excluding carboxylic acids is 6. The monoisotopic (exact) mass is 1880 g/mol. The zero-order valence-corrected chi connectivity index (χ0v) is 80.8. The van der Waals surface area contributed by atoms with Crippen molar-refractivity contribution in [3.8, 4) is 0 Å². The second-order valence-electron chi connectivity index (χ2n) is 32.7. The third-order valence-corrected chi connectivity index (χ3v) is 22.1. The number of imidazole rings is 2.